The fraction of sp³-hybridized carbons (Fsp3) is 0.909. The number of carbonyl (C=O) groups is 1. The van der Waals surface area contributed by atoms with Gasteiger partial charge in [0.25, 0.3) is 0 Å². The first-order valence-electron chi connectivity index (χ1n) is 5.73. The SMILES string of the molecule is CCCN(CCC)CCNC(=O)CC. The van der Waals surface area contributed by atoms with Gasteiger partial charge >= 0.3 is 0 Å². The van der Waals surface area contributed by atoms with Crippen molar-refractivity contribution in [3.8, 4) is 0 Å². The predicted octanol–water partition coefficient (Wildman–Crippen LogP) is 1.63. The number of nitrogens with one attached hydrogen (secondary N) is 1. The fourth-order valence-corrected chi connectivity index (χ4v) is 1.45. The van der Waals surface area contributed by atoms with Crippen LogP contribution < -0.4 is 5.32 Å². The first-order chi connectivity index (χ1) is 6.74. The summed E-state index contributed by atoms with van der Waals surface area (Å²) in [4.78, 5) is 13.4. The van der Waals surface area contributed by atoms with E-state index in [0.29, 0.717) is 6.42 Å². The van der Waals surface area contributed by atoms with E-state index in [-0.39, 0.29) is 5.91 Å². The molecule has 0 heterocycles. The molecule has 3 nitrogen and oxygen atoms in total. The van der Waals surface area contributed by atoms with Gasteiger partial charge in [-0.15, -0.1) is 0 Å². The molecule has 0 radical (unpaired) electrons. The Bertz CT molecular complexity index is 142. The molecule has 0 aliphatic carbocycles. The average molecular weight is 200 g/mol. The van der Waals surface area contributed by atoms with E-state index in [2.05, 4.69) is 24.1 Å². The molecular formula is C11H24N2O. The molecule has 0 unspecified atom stereocenters. The number of amides is 1. The van der Waals surface area contributed by atoms with Crippen molar-refractivity contribution in [2.75, 3.05) is 26.2 Å². The van der Waals surface area contributed by atoms with Crippen molar-refractivity contribution >= 4 is 5.91 Å². The maximum absolute atomic E-state index is 11.0. The van der Waals surface area contributed by atoms with E-state index in [1.54, 1.807) is 0 Å². The second-order valence-corrected chi connectivity index (χ2v) is 3.55. The van der Waals surface area contributed by atoms with Gasteiger partial charge in [-0.3, -0.25) is 4.79 Å². The minimum atomic E-state index is 0.151. The van der Waals surface area contributed by atoms with Crippen LogP contribution in [0.3, 0.4) is 0 Å². The summed E-state index contributed by atoms with van der Waals surface area (Å²) in [5, 5.41) is 2.90. The van der Waals surface area contributed by atoms with Gasteiger partial charge in [-0.25, -0.2) is 0 Å². The summed E-state index contributed by atoms with van der Waals surface area (Å²) < 4.78 is 0. The van der Waals surface area contributed by atoms with E-state index >= 15 is 0 Å². The highest BCUT2D eigenvalue weighted by Gasteiger charge is 2.02. The Hall–Kier alpha value is -0.570. The molecule has 0 aromatic rings. The van der Waals surface area contributed by atoms with Crippen LogP contribution in [0.1, 0.15) is 40.0 Å². The Kier molecular flexibility index (Phi) is 8.64. The molecule has 0 spiro atoms. The third kappa shape index (κ3) is 6.89. The van der Waals surface area contributed by atoms with Gasteiger partial charge < -0.3 is 10.2 Å². The topological polar surface area (TPSA) is 32.3 Å². The number of hydrogen-bond acceptors (Lipinski definition) is 2. The minimum absolute atomic E-state index is 0.151. The fourth-order valence-electron chi connectivity index (χ4n) is 1.45. The van der Waals surface area contributed by atoms with Crippen molar-refractivity contribution in [3.05, 3.63) is 0 Å². The zero-order valence-electron chi connectivity index (χ0n) is 9.81. The van der Waals surface area contributed by atoms with Gasteiger partial charge in [-0.1, -0.05) is 20.8 Å². The Morgan fingerprint density at radius 1 is 1.07 bits per heavy atom. The van der Waals surface area contributed by atoms with Crippen molar-refractivity contribution in [3.63, 3.8) is 0 Å². The van der Waals surface area contributed by atoms with E-state index in [4.69, 9.17) is 0 Å². The molecule has 0 fully saturated rings. The van der Waals surface area contributed by atoms with Gasteiger partial charge in [0.1, 0.15) is 0 Å². The van der Waals surface area contributed by atoms with Crippen molar-refractivity contribution in [2.45, 2.75) is 40.0 Å². The monoisotopic (exact) mass is 200 g/mol. The lowest BCUT2D eigenvalue weighted by Gasteiger charge is -2.20. The second-order valence-electron chi connectivity index (χ2n) is 3.55. The van der Waals surface area contributed by atoms with Gasteiger partial charge in [-0.05, 0) is 25.9 Å². The summed E-state index contributed by atoms with van der Waals surface area (Å²) in [7, 11) is 0. The zero-order valence-corrected chi connectivity index (χ0v) is 9.81. The lowest BCUT2D eigenvalue weighted by Crippen LogP contribution is -2.35. The number of carbonyl (C=O) groups excluding carboxylic acids is 1. The van der Waals surface area contributed by atoms with Crippen molar-refractivity contribution in [1.82, 2.24) is 10.2 Å². The third-order valence-electron chi connectivity index (χ3n) is 2.15. The second kappa shape index (κ2) is 9.00. The maximum Gasteiger partial charge on any atom is 0.219 e. The van der Waals surface area contributed by atoms with Crippen LogP contribution >= 0.6 is 0 Å². The van der Waals surface area contributed by atoms with E-state index in [9.17, 15) is 4.79 Å². The van der Waals surface area contributed by atoms with Crippen molar-refractivity contribution < 1.29 is 4.79 Å². The predicted molar refractivity (Wildman–Crippen MR) is 60.3 cm³/mol. The van der Waals surface area contributed by atoms with Gasteiger partial charge in [0.2, 0.25) is 5.91 Å². The third-order valence-corrected chi connectivity index (χ3v) is 2.15. The highest BCUT2D eigenvalue weighted by Crippen LogP contribution is 1.92. The molecule has 0 saturated carbocycles. The van der Waals surface area contributed by atoms with Crippen LogP contribution in [0.2, 0.25) is 0 Å². The summed E-state index contributed by atoms with van der Waals surface area (Å²) in [6.07, 6.45) is 2.95. The van der Waals surface area contributed by atoms with Gasteiger partial charge in [0.05, 0.1) is 0 Å². The molecule has 1 amide bonds. The summed E-state index contributed by atoms with van der Waals surface area (Å²) in [5.74, 6) is 0.151. The molecule has 84 valence electrons. The van der Waals surface area contributed by atoms with Crippen LogP contribution in [0.4, 0.5) is 0 Å². The average Bonchev–Trinajstić information content (AvgIpc) is 2.18. The number of rotatable bonds is 8. The lowest BCUT2D eigenvalue weighted by atomic mass is 10.3. The molecule has 0 saturated heterocycles. The normalized spacial score (nSPS) is 10.6. The molecule has 0 aromatic carbocycles. The Morgan fingerprint density at radius 2 is 1.64 bits per heavy atom. The Morgan fingerprint density at radius 3 is 2.07 bits per heavy atom. The van der Waals surface area contributed by atoms with Gasteiger partial charge in [0, 0.05) is 19.5 Å². The minimum Gasteiger partial charge on any atom is -0.355 e. The van der Waals surface area contributed by atoms with Gasteiger partial charge in [0.15, 0.2) is 0 Å². The van der Waals surface area contributed by atoms with Crippen molar-refractivity contribution in [2.24, 2.45) is 0 Å². The molecule has 14 heavy (non-hydrogen) atoms. The smallest absolute Gasteiger partial charge is 0.219 e. The van der Waals surface area contributed by atoms with E-state index in [1.165, 1.54) is 12.8 Å². The van der Waals surface area contributed by atoms with Gasteiger partial charge in [-0.2, -0.15) is 0 Å². The van der Waals surface area contributed by atoms with Crippen LogP contribution in [0.25, 0.3) is 0 Å². The first-order valence-corrected chi connectivity index (χ1v) is 5.73. The largest absolute Gasteiger partial charge is 0.355 e. The molecule has 0 aliphatic rings. The summed E-state index contributed by atoms with van der Waals surface area (Å²) >= 11 is 0. The van der Waals surface area contributed by atoms with Crippen LogP contribution in [0.5, 0.6) is 0 Å². The highest BCUT2D eigenvalue weighted by molar-refractivity contribution is 5.75. The summed E-state index contributed by atoms with van der Waals surface area (Å²) in [6.45, 7) is 10.3. The molecule has 0 aromatic heterocycles. The molecule has 0 rings (SSSR count). The van der Waals surface area contributed by atoms with Crippen LogP contribution in [-0.4, -0.2) is 37.0 Å². The van der Waals surface area contributed by atoms with Crippen LogP contribution in [-0.2, 0) is 4.79 Å². The molecule has 0 aliphatic heterocycles. The zero-order chi connectivity index (χ0) is 10.8. The summed E-state index contributed by atoms with van der Waals surface area (Å²) in [6, 6.07) is 0. The Labute approximate surface area is 87.9 Å². The summed E-state index contributed by atoms with van der Waals surface area (Å²) in [5.41, 5.74) is 0. The first kappa shape index (κ1) is 13.4. The van der Waals surface area contributed by atoms with E-state index in [1.807, 2.05) is 6.92 Å². The number of nitrogens with zero attached hydrogens (tertiary/aromatic N) is 1. The molecular weight excluding hydrogens is 176 g/mol. The molecule has 1 N–H and O–H groups in total. The standard InChI is InChI=1S/C11H24N2O/c1-4-8-13(9-5-2)10-7-12-11(14)6-3/h4-10H2,1-3H3,(H,12,14). The maximum atomic E-state index is 11.0. The van der Waals surface area contributed by atoms with Crippen LogP contribution in [0.15, 0.2) is 0 Å². The van der Waals surface area contributed by atoms with Crippen molar-refractivity contribution in [1.29, 1.82) is 0 Å². The highest BCUT2D eigenvalue weighted by atomic mass is 16.1. The van der Waals surface area contributed by atoms with E-state index in [0.717, 1.165) is 26.2 Å². The lowest BCUT2D eigenvalue weighted by molar-refractivity contribution is -0.120. The van der Waals surface area contributed by atoms with E-state index < -0.39 is 0 Å². The molecule has 0 bridgehead atoms. The Balaban J connectivity index is 3.54. The number of hydrogen-bond donors (Lipinski definition) is 1. The molecule has 3 heteroatoms. The van der Waals surface area contributed by atoms with Crippen LogP contribution in [0, 0.1) is 0 Å². The molecule has 0 atom stereocenters. The quantitative estimate of drug-likeness (QED) is 0.646.